The smallest absolute Gasteiger partial charge is 0.286 e. The molecule has 0 saturated carbocycles. The number of nitrogens with zero attached hydrogens (tertiary/aromatic N) is 4. The number of halogens is 1. The number of nitrogens with one attached hydrogen (secondary N) is 1. The van der Waals surface area contributed by atoms with Crippen LogP contribution in [0.4, 0.5) is 4.39 Å². The lowest BCUT2D eigenvalue weighted by Gasteiger charge is -2.19. The fourth-order valence-electron chi connectivity index (χ4n) is 3.45. The molecule has 0 fully saturated rings. The monoisotopic (exact) mass is 383 g/mol. The van der Waals surface area contributed by atoms with Gasteiger partial charge in [0.2, 0.25) is 0 Å². The Balaban J connectivity index is 1.32. The minimum absolute atomic E-state index is 0.205. The Hall–Kier alpha value is -3.00. The van der Waals surface area contributed by atoms with Crippen LogP contribution in [0.15, 0.2) is 47.1 Å². The van der Waals surface area contributed by atoms with Crippen LogP contribution in [-0.4, -0.2) is 45.2 Å². The summed E-state index contributed by atoms with van der Waals surface area (Å²) in [5, 5.41) is 11.4. The Kier molecular flexibility index (Phi) is 5.48. The topological polar surface area (TPSA) is 76.2 Å². The summed E-state index contributed by atoms with van der Waals surface area (Å²) in [4.78, 5) is 14.2. The number of benzene rings is 1. The Morgan fingerprint density at radius 1 is 1.18 bits per heavy atom. The highest BCUT2D eigenvalue weighted by Gasteiger charge is 2.19. The van der Waals surface area contributed by atoms with E-state index in [9.17, 15) is 9.18 Å². The third-order valence-corrected chi connectivity index (χ3v) is 4.87. The lowest BCUT2D eigenvalue weighted by Crippen LogP contribution is -2.28. The van der Waals surface area contributed by atoms with E-state index in [2.05, 4.69) is 25.0 Å². The van der Waals surface area contributed by atoms with Gasteiger partial charge < -0.3 is 14.3 Å². The molecule has 1 aliphatic heterocycles. The number of fused-ring (bicyclic) bond motifs is 1. The molecule has 0 unspecified atom stereocenters. The molecule has 8 heteroatoms. The predicted octanol–water partition coefficient (Wildman–Crippen LogP) is 2.04. The van der Waals surface area contributed by atoms with Gasteiger partial charge in [-0.3, -0.25) is 9.69 Å². The molecule has 0 bridgehead atoms. The second-order valence-corrected chi connectivity index (χ2v) is 6.82. The molecule has 0 atom stereocenters. The maximum absolute atomic E-state index is 13.4. The minimum Gasteiger partial charge on any atom is -0.459 e. The van der Waals surface area contributed by atoms with Gasteiger partial charge in [0, 0.05) is 45.6 Å². The highest BCUT2D eigenvalue weighted by atomic mass is 19.1. The van der Waals surface area contributed by atoms with Gasteiger partial charge in [-0.25, -0.2) is 4.39 Å². The van der Waals surface area contributed by atoms with E-state index in [1.807, 2.05) is 6.07 Å². The van der Waals surface area contributed by atoms with E-state index in [4.69, 9.17) is 4.42 Å². The fraction of sp³-hybridized carbons (Fsp3) is 0.350. The number of carbonyl (C=O) groups is 1. The Morgan fingerprint density at radius 3 is 2.93 bits per heavy atom. The summed E-state index contributed by atoms with van der Waals surface area (Å²) in [5.74, 6) is 1.68. The first kappa shape index (κ1) is 18.4. The van der Waals surface area contributed by atoms with E-state index >= 15 is 0 Å². The van der Waals surface area contributed by atoms with Crippen molar-refractivity contribution in [3.05, 3.63) is 71.5 Å². The molecule has 1 N–H and O–H groups in total. The fourth-order valence-corrected chi connectivity index (χ4v) is 3.45. The zero-order valence-electron chi connectivity index (χ0n) is 15.5. The van der Waals surface area contributed by atoms with Gasteiger partial charge in [-0.05, 0) is 29.8 Å². The largest absolute Gasteiger partial charge is 0.459 e. The average Bonchev–Trinajstić information content (AvgIpc) is 3.30. The lowest BCUT2D eigenvalue weighted by molar-refractivity contribution is 0.0926. The number of carbonyl (C=O) groups excluding carboxylic acids is 1. The summed E-state index contributed by atoms with van der Waals surface area (Å²) in [5.41, 5.74) is 0.971. The zero-order valence-corrected chi connectivity index (χ0v) is 15.5. The molecule has 0 radical (unpaired) electrons. The van der Waals surface area contributed by atoms with Crippen LogP contribution < -0.4 is 5.32 Å². The SMILES string of the molecule is O=C(NCCc1nnc2n1CCN(Cc1cccc(F)c1)CC2)c1ccco1. The van der Waals surface area contributed by atoms with Gasteiger partial charge in [0.1, 0.15) is 17.5 Å². The molecule has 4 rings (SSSR count). The normalized spacial score (nSPS) is 14.5. The Morgan fingerprint density at radius 2 is 2.11 bits per heavy atom. The molecule has 28 heavy (non-hydrogen) atoms. The first-order chi connectivity index (χ1) is 13.7. The third-order valence-electron chi connectivity index (χ3n) is 4.87. The van der Waals surface area contributed by atoms with Crippen molar-refractivity contribution in [2.45, 2.75) is 25.9 Å². The van der Waals surface area contributed by atoms with Crippen molar-refractivity contribution in [3.8, 4) is 0 Å². The van der Waals surface area contributed by atoms with Crippen molar-refractivity contribution in [1.29, 1.82) is 0 Å². The second kappa shape index (κ2) is 8.35. The molecular weight excluding hydrogens is 361 g/mol. The molecule has 1 aromatic carbocycles. The number of hydrogen-bond acceptors (Lipinski definition) is 5. The van der Waals surface area contributed by atoms with Gasteiger partial charge >= 0.3 is 0 Å². The van der Waals surface area contributed by atoms with E-state index in [-0.39, 0.29) is 11.7 Å². The van der Waals surface area contributed by atoms with Crippen molar-refractivity contribution in [3.63, 3.8) is 0 Å². The van der Waals surface area contributed by atoms with Crippen molar-refractivity contribution in [1.82, 2.24) is 25.0 Å². The summed E-state index contributed by atoms with van der Waals surface area (Å²) >= 11 is 0. The lowest BCUT2D eigenvalue weighted by atomic mass is 10.2. The van der Waals surface area contributed by atoms with E-state index in [1.54, 1.807) is 24.3 Å². The van der Waals surface area contributed by atoms with Crippen LogP contribution in [0.3, 0.4) is 0 Å². The molecular formula is C20H22FN5O2. The molecule has 0 saturated heterocycles. The average molecular weight is 383 g/mol. The first-order valence-corrected chi connectivity index (χ1v) is 9.38. The van der Waals surface area contributed by atoms with Gasteiger partial charge in [0.05, 0.1) is 6.26 Å². The van der Waals surface area contributed by atoms with Crippen LogP contribution >= 0.6 is 0 Å². The van der Waals surface area contributed by atoms with Gasteiger partial charge in [0.15, 0.2) is 5.76 Å². The van der Waals surface area contributed by atoms with Crippen LogP contribution in [0.2, 0.25) is 0 Å². The van der Waals surface area contributed by atoms with Crippen molar-refractivity contribution < 1.29 is 13.6 Å². The standard InChI is InChI=1S/C20H22FN5O2/c21-16-4-1-3-15(13-16)14-25-9-7-19-24-23-18(26(19)11-10-25)6-8-22-20(27)17-5-2-12-28-17/h1-5,12-13H,6-11,14H2,(H,22,27). The minimum atomic E-state index is -0.234. The van der Waals surface area contributed by atoms with E-state index in [0.29, 0.717) is 25.3 Å². The van der Waals surface area contributed by atoms with Crippen LogP contribution in [0.1, 0.15) is 27.8 Å². The number of furan rings is 1. The second-order valence-electron chi connectivity index (χ2n) is 6.82. The van der Waals surface area contributed by atoms with Crippen LogP contribution in [-0.2, 0) is 25.9 Å². The van der Waals surface area contributed by atoms with Gasteiger partial charge in [-0.1, -0.05) is 12.1 Å². The number of aromatic nitrogens is 3. The Bertz CT molecular complexity index is 938. The van der Waals surface area contributed by atoms with Gasteiger partial charge in [-0.2, -0.15) is 0 Å². The highest BCUT2D eigenvalue weighted by Crippen LogP contribution is 2.13. The van der Waals surface area contributed by atoms with Crippen LogP contribution in [0.5, 0.6) is 0 Å². The molecule has 3 aromatic rings. The van der Waals surface area contributed by atoms with Crippen LogP contribution in [0, 0.1) is 5.82 Å². The molecule has 7 nitrogen and oxygen atoms in total. The van der Waals surface area contributed by atoms with E-state index in [0.717, 1.165) is 43.3 Å². The van der Waals surface area contributed by atoms with E-state index in [1.165, 1.54) is 12.3 Å². The molecule has 1 amide bonds. The zero-order chi connectivity index (χ0) is 19.3. The predicted molar refractivity (Wildman–Crippen MR) is 100 cm³/mol. The number of hydrogen-bond donors (Lipinski definition) is 1. The van der Waals surface area contributed by atoms with E-state index < -0.39 is 0 Å². The summed E-state index contributed by atoms with van der Waals surface area (Å²) in [6, 6.07) is 10.0. The van der Waals surface area contributed by atoms with Crippen molar-refractivity contribution in [2.24, 2.45) is 0 Å². The highest BCUT2D eigenvalue weighted by molar-refractivity contribution is 5.91. The van der Waals surface area contributed by atoms with Gasteiger partial charge in [0.25, 0.3) is 5.91 Å². The maximum Gasteiger partial charge on any atom is 0.286 e. The molecule has 2 aromatic heterocycles. The maximum atomic E-state index is 13.4. The molecule has 0 aliphatic carbocycles. The summed E-state index contributed by atoms with van der Waals surface area (Å²) < 4.78 is 20.6. The first-order valence-electron chi connectivity index (χ1n) is 9.38. The van der Waals surface area contributed by atoms with Crippen molar-refractivity contribution >= 4 is 5.91 Å². The van der Waals surface area contributed by atoms with Crippen LogP contribution in [0.25, 0.3) is 0 Å². The quantitative estimate of drug-likeness (QED) is 0.705. The molecule has 0 spiro atoms. The summed E-state index contributed by atoms with van der Waals surface area (Å²) in [6.07, 6.45) is 2.87. The molecule has 1 aliphatic rings. The van der Waals surface area contributed by atoms with Crippen molar-refractivity contribution in [2.75, 3.05) is 19.6 Å². The number of rotatable bonds is 6. The summed E-state index contributed by atoms with van der Waals surface area (Å²) in [7, 11) is 0. The Labute approximate surface area is 162 Å². The summed E-state index contributed by atoms with van der Waals surface area (Å²) in [6.45, 7) is 3.64. The van der Waals surface area contributed by atoms with Gasteiger partial charge in [-0.15, -0.1) is 10.2 Å². The third kappa shape index (κ3) is 4.28. The number of amides is 1. The molecule has 146 valence electrons. The molecule has 3 heterocycles.